The maximum atomic E-state index is 14.6. The van der Waals surface area contributed by atoms with Crippen molar-refractivity contribution in [3.05, 3.63) is 29.8 Å². The lowest BCUT2D eigenvalue weighted by Crippen LogP contribution is -2.67. The Morgan fingerprint density at radius 3 is 2.47 bits per heavy atom. The summed E-state index contributed by atoms with van der Waals surface area (Å²) in [7, 11) is 0. The van der Waals surface area contributed by atoms with E-state index in [0.717, 1.165) is 12.0 Å². The van der Waals surface area contributed by atoms with E-state index in [2.05, 4.69) is 22.0 Å². The van der Waals surface area contributed by atoms with Crippen LogP contribution in [0.15, 0.2) is 24.3 Å². The van der Waals surface area contributed by atoms with Gasteiger partial charge < -0.3 is 20.6 Å². The van der Waals surface area contributed by atoms with Crippen LogP contribution >= 0.6 is 0 Å². The van der Waals surface area contributed by atoms with Gasteiger partial charge in [-0.3, -0.25) is 24.5 Å². The third-order valence-corrected chi connectivity index (χ3v) is 12.3. The van der Waals surface area contributed by atoms with Gasteiger partial charge in [-0.25, -0.2) is 0 Å². The Morgan fingerprint density at radius 2 is 1.83 bits per heavy atom. The van der Waals surface area contributed by atoms with Crippen LogP contribution in [0.25, 0.3) is 0 Å². The van der Waals surface area contributed by atoms with Crippen molar-refractivity contribution in [3.8, 4) is 6.07 Å². The molecule has 0 radical (unpaired) electrons. The number of fused-ring (bicyclic) bond motifs is 2. The van der Waals surface area contributed by atoms with Gasteiger partial charge in [-0.05, 0) is 91.1 Å². The zero-order valence-electron chi connectivity index (χ0n) is 26.4. The Balaban J connectivity index is 1.15. The van der Waals surface area contributed by atoms with E-state index in [0.29, 0.717) is 31.4 Å². The van der Waals surface area contributed by atoms with Gasteiger partial charge in [0.15, 0.2) is 0 Å². The maximum Gasteiger partial charge on any atom is 0.451 e. The first-order chi connectivity index (χ1) is 22.0. The second-order valence-corrected chi connectivity index (χ2v) is 15.7. The number of aliphatic hydroxyl groups is 1. The molecule has 3 amide bonds. The van der Waals surface area contributed by atoms with E-state index in [1.165, 1.54) is 4.90 Å². The molecule has 5 aliphatic carbocycles. The molecule has 1 aromatic carbocycles. The fraction of sp³-hybridized carbons (Fsp3) is 0.676. The molecule has 13 heteroatoms. The van der Waals surface area contributed by atoms with Gasteiger partial charge in [-0.1, -0.05) is 32.0 Å². The molecule has 8 atom stereocenters. The van der Waals surface area contributed by atoms with Gasteiger partial charge in [0, 0.05) is 12.2 Å². The highest BCUT2D eigenvalue weighted by atomic mass is 19.4. The molecule has 2 aliphatic heterocycles. The molecule has 47 heavy (non-hydrogen) atoms. The lowest BCUT2D eigenvalue weighted by atomic mass is 9.46. The number of likely N-dealkylation sites (tertiary alicyclic amines) is 1. The molecule has 3 unspecified atom stereocenters. The number of nitriles is 1. The Morgan fingerprint density at radius 1 is 1.15 bits per heavy atom. The topological polar surface area (TPSA) is 152 Å². The molecule has 7 aliphatic rings. The number of carbonyl (C=O) groups is 4. The molecule has 4 N–H and O–H groups in total. The summed E-state index contributed by atoms with van der Waals surface area (Å²) in [6.45, 7) is 3.12. The number of halogens is 3. The van der Waals surface area contributed by atoms with Gasteiger partial charge in [0.1, 0.15) is 12.1 Å². The highest BCUT2D eigenvalue weighted by Crippen LogP contribution is 2.66. The number of nitrogens with zero attached hydrogens (tertiary/aromatic N) is 2. The van der Waals surface area contributed by atoms with E-state index in [4.69, 9.17) is 0 Å². The van der Waals surface area contributed by atoms with Crippen LogP contribution in [0.3, 0.4) is 0 Å². The van der Waals surface area contributed by atoms with Gasteiger partial charge in [-0.15, -0.1) is 0 Å². The van der Waals surface area contributed by atoms with Crippen molar-refractivity contribution in [2.45, 2.75) is 94.6 Å². The molecule has 2 heterocycles. The monoisotopic (exact) mass is 655 g/mol. The van der Waals surface area contributed by atoms with Crippen LogP contribution in [0.1, 0.15) is 70.3 Å². The first-order valence-electron chi connectivity index (χ1n) is 16.5. The second-order valence-electron chi connectivity index (χ2n) is 15.7. The number of hydrogen-bond acceptors (Lipinski definition) is 7. The van der Waals surface area contributed by atoms with Crippen LogP contribution in [0.5, 0.6) is 0 Å². The number of rotatable bonds is 9. The van der Waals surface area contributed by atoms with Crippen molar-refractivity contribution in [1.29, 1.82) is 5.26 Å². The first-order valence-corrected chi connectivity index (χ1v) is 16.5. The molecule has 0 spiro atoms. The number of hydrogen-bond donors (Lipinski definition) is 4. The standard InChI is InChI=1S/C34H40F3N5O5/c1-31(2)22-15-42(26(25(22)31)29(45)40-19(13-38)8-21-20-5-3-4-6-23(20)41-28(21)44)30(46)27(39-14-24(43)34(35,36)37)32-9-17-7-18(10-32)12-33(47,11-17)16-32/h3-6,17-19,21-22,25-27,39,47H,7-12,14-16H2,1-2H3,(H,40,45)(H,41,44)/t17?,18?,19-,21?,22-,25-,26-,27+,32?,33?/m0/s1. The summed E-state index contributed by atoms with van der Waals surface area (Å²) in [5, 5.41) is 29.7. The molecule has 1 aromatic rings. The summed E-state index contributed by atoms with van der Waals surface area (Å²) in [6, 6.07) is 6.00. The summed E-state index contributed by atoms with van der Waals surface area (Å²) >= 11 is 0. The fourth-order valence-corrected chi connectivity index (χ4v) is 10.6. The van der Waals surface area contributed by atoms with Crippen LogP contribution in [0.2, 0.25) is 0 Å². The predicted molar refractivity (Wildman–Crippen MR) is 161 cm³/mol. The lowest BCUT2D eigenvalue weighted by molar-refractivity contribution is -0.183. The Bertz CT molecular complexity index is 1560. The number of amides is 3. The molecule has 5 saturated carbocycles. The average Bonchev–Trinajstić information content (AvgIpc) is 3.27. The van der Waals surface area contributed by atoms with Crippen molar-refractivity contribution in [1.82, 2.24) is 15.5 Å². The number of piperidine rings is 1. The third-order valence-electron chi connectivity index (χ3n) is 12.3. The number of nitrogens with one attached hydrogen (secondary N) is 3. The number of alkyl halides is 3. The highest BCUT2D eigenvalue weighted by Gasteiger charge is 2.71. The van der Waals surface area contributed by atoms with Gasteiger partial charge in [-0.2, -0.15) is 18.4 Å². The van der Waals surface area contributed by atoms with Gasteiger partial charge in [0.2, 0.25) is 23.5 Å². The minimum Gasteiger partial charge on any atom is -0.390 e. The summed E-state index contributed by atoms with van der Waals surface area (Å²) in [5.41, 5.74) is -0.778. The molecule has 4 bridgehead atoms. The van der Waals surface area contributed by atoms with E-state index in [9.17, 15) is 42.7 Å². The summed E-state index contributed by atoms with van der Waals surface area (Å²) in [5.74, 6) is -4.05. The lowest BCUT2D eigenvalue weighted by Gasteiger charge is -2.62. The Kier molecular flexibility index (Phi) is 7.34. The number of Topliss-reactive ketones (excluding diaryl/α,β-unsaturated/α-hetero) is 1. The molecule has 252 valence electrons. The quantitative estimate of drug-likeness (QED) is 0.319. The van der Waals surface area contributed by atoms with Crippen LogP contribution in [0.4, 0.5) is 18.9 Å². The van der Waals surface area contributed by atoms with E-state index in [1.54, 1.807) is 24.3 Å². The van der Waals surface area contributed by atoms with E-state index in [-0.39, 0.29) is 54.4 Å². The van der Waals surface area contributed by atoms with E-state index < -0.39 is 65.4 Å². The van der Waals surface area contributed by atoms with Gasteiger partial charge in [0.25, 0.3) is 0 Å². The normalized spacial score (nSPS) is 37.0. The zero-order valence-corrected chi connectivity index (χ0v) is 26.4. The summed E-state index contributed by atoms with van der Waals surface area (Å²) in [4.78, 5) is 54.9. The van der Waals surface area contributed by atoms with Crippen LogP contribution in [0, 0.1) is 45.8 Å². The molecule has 10 nitrogen and oxygen atoms in total. The number of para-hydroxylation sites is 1. The van der Waals surface area contributed by atoms with Crippen molar-refractivity contribution in [2.24, 2.45) is 34.5 Å². The largest absolute Gasteiger partial charge is 0.451 e. The predicted octanol–water partition coefficient (Wildman–Crippen LogP) is 3.02. The minimum absolute atomic E-state index is 0.0252. The second kappa shape index (κ2) is 10.8. The van der Waals surface area contributed by atoms with Crippen LogP contribution < -0.4 is 16.0 Å². The summed E-state index contributed by atoms with van der Waals surface area (Å²) < 4.78 is 39.9. The molecule has 6 fully saturated rings. The van der Waals surface area contributed by atoms with Crippen molar-refractivity contribution in [3.63, 3.8) is 0 Å². The van der Waals surface area contributed by atoms with Crippen LogP contribution in [-0.4, -0.2) is 76.5 Å². The van der Waals surface area contributed by atoms with E-state index in [1.807, 2.05) is 13.8 Å². The summed E-state index contributed by atoms with van der Waals surface area (Å²) in [6.07, 6.45) is -1.68. The van der Waals surface area contributed by atoms with Gasteiger partial charge in [0.05, 0.1) is 30.2 Å². The minimum atomic E-state index is -5.08. The molecular formula is C34H40F3N5O5. The van der Waals surface area contributed by atoms with Crippen molar-refractivity contribution in [2.75, 3.05) is 18.4 Å². The van der Waals surface area contributed by atoms with Crippen LogP contribution in [-0.2, 0) is 19.2 Å². The SMILES string of the molecule is CC1(C)[C@@H]2[C@@H](C(=O)N[C@H](C#N)CC3C(=O)Nc4ccccc43)N(C(=O)[C@@H](NCC(=O)C(F)(F)F)C34CC5CC(CC(O)(C5)C3)C4)C[C@@H]21. The molecule has 1 saturated heterocycles. The Labute approximate surface area is 270 Å². The average molecular weight is 656 g/mol. The Hall–Kier alpha value is -3.50. The third kappa shape index (κ3) is 5.32. The number of anilines is 1. The fourth-order valence-electron chi connectivity index (χ4n) is 10.6. The smallest absolute Gasteiger partial charge is 0.390 e. The number of ketones is 1. The first kappa shape index (κ1) is 32.1. The highest BCUT2D eigenvalue weighted by molar-refractivity contribution is 6.03. The zero-order chi connectivity index (χ0) is 33.7. The van der Waals surface area contributed by atoms with Crippen molar-refractivity contribution >= 4 is 29.2 Å². The molecular weight excluding hydrogens is 615 g/mol. The van der Waals surface area contributed by atoms with E-state index >= 15 is 0 Å². The number of carbonyl (C=O) groups excluding carboxylic acids is 4. The van der Waals surface area contributed by atoms with Crippen molar-refractivity contribution < 1.29 is 37.5 Å². The maximum absolute atomic E-state index is 14.6. The molecule has 8 rings (SSSR count). The van der Waals surface area contributed by atoms with Gasteiger partial charge >= 0.3 is 6.18 Å². The number of benzene rings is 1. The molecule has 0 aromatic heterocycles.